The molecule has 1 aromatic carbocycles. The summed E-state index contributed by atoms with van der Waals surface area (Å²) < 4.78 is 11.9. The number of β-amino-alcohol motifs (C(OH)–C–C–N with tert-alkyl or cyclic N) is 2. The van der Waals surface area contributed by atoms with Crippen molar-refractivity contribution in [2.24, 2.45) is 5.14 Å². The second kappa shape index (κ2) is 10.7. The zero-order valence-electron chi connectivity index (χ0n) is 17.2. The van der Waals surface area contributed by atoms with E-state index in [2.05, 4.69) is 20.6 Å². The first-order chi connectivity index (χ1) is 13.1. The molecule has 0 spiro atoms. The molecule has 7 nitrogen and oxygen atoms in total. The Labute approximate surface area is 169 Å². The van der Waals surface area contributed by atoms with Crippen LogP contribution in [0.15, 0.2) is 29.2 Å². The van der Waals surface area contributed by atoms with Gasteiger partial charge in [-0.3, -0.25) is 19.8 Å². The van der Waals surface area contributed by atoms with Crippen molar-refractivity contribution in [2.75, 3.05) is 52.4 Å². The van der Waals surface area contributed by atoms with Crippen LogP contribution in [-0.2, 0) is 16.3 Å². The maximum Gasteiger partial charge on any atom is 0.0639 e. The van der Waals surface area contributed by atoms with E-state index in [0.29, 0.717) is 18.0 Å². The Morgan fingerprint density at radius 3 is 1.68 bits per heavy atom. The van der Waals surface area contributed by atoms with E-state index in [9.17, 15) is 14.4 Å². The summed E-state index contributed by atoms with van der Waals surface area (Å²) in [5, 5.41) is 25.2. The first-order valence-corrected chi connectivity index (χ1v) is 11.7. The molecular weight excluding hydrogens is 376 g/mol. The molecule has 0 amide bonds. The van der Waals surface area contributed by atoms with E-state index in [1.54, 1.807) is 12.1 Å². The third-order valence-electron chi connectivity index (χ3n) is 4.97. The lowest BCUT2D eigenvalue weighted by molar-refractivity contribution is 0.102. The summed E-state index contributed by atoms with van der Waals surface area (Å²) in [5.74, 6) is 3.53. The van der Waals surface area contributed by atoms with Gasteiger partial charge in [0.25, 0.3) is 0 Å². The fraction of sp³-hybridized carbons (Fsp3) is 0.650. The van der Waals surface area contributed by atoms with Crippen LogP contribution in [0.25, 0.3) is 0 Å². The molecule has 4 N–H and O–H groups in total. The molecule has 1 fully saturated rings. The predicted molar refractivity (Wildman–Crippen MR) is 116 cm³/mol. The Hall–Kier alpha value is -1.00. The Bertz CT molecular complexity index is 670. The zero-order valence-corrected chi connectivity index (χ0v) is 18.0. The van der Waals surface area contributed by atoms with Gasteiger partial charge in [0.2, 0.25) is 0 Å². The quantitative estimate of drug-likeness (QED) is 0.538. The summed E-state index contributed by atoms with van der Waals surface area (Å²) in [7, 11) is -2.68. The van der Waals surface area contributed by atoms with Crippen LogP contribution in [0.2, 0.25) is 0 Å². The molecule has 0 aromatic heterocycles. The molecule has 1 aliphatic rings. The number of aliphatic hydroxyl groups excluding tert-OH is 2. The van der Waals surface area contributed by atoms with E-state index in [4.69, 9.17) is 5.14 Å². The zero-order chi connectivity index (χ0) is 20.7. The molecule has 160 valence electrons. The molecule has 1 unspecified atom stereocenters. The lowest BCUT2D eigenvalue weighted by Crippen LogP contribution is -2.41. The molecule has 0 bridgehead atoms. The minimum absolute atomic E-state index is 0.360. The van der Waals surface area contributed by atoms with Gasteiger partial charge in [-0.15, -0.1) is 0 Å². The average Bonchev–Trinajstić information content (AvgIpc) is 2.67. The van der Waals surface area contributed by atoms with Gasteiger partial charge in [-0.05, 0) is 37.4 Å². The van der Waals surface area contributed by atoms with E-state index >= 15 is 0 Å². The highest BCUT2D eigenvalue weighted by molar-refractivity contribution is 7.98. The molecule has 1 heterocycles. The minimum Gasteiger partial charge on any atom is -0.392 e. The van der Waals surface area contributed by atoms with Crippen molar-refractivity contribution in [1.29, 1.82) is 0 Å². The van der Waals surface area contributed by atoms with Crippen molar-refractivity contribution < 1.29 is 14.4 Å². The summed E-state index contributed by atoms with van der Waals surface area (Å²) >= 11 is 0. The normalized spacial score (nSPS) is 22.6. The van der Waals surface area contributed by atoms with Gasteiger partial charge in [0.15, 0.2) is 0 Å². The highest BCUT2D eigenvalue weighted by Crippen LogP contribution is 2.12. The van der Waals surface area contributed by atoms with Gasteiger partial charge in [-0.1, -0.05) is 12.1 Å². The SMILES string of the molecule is C=S(N)(=O)c1ccc(CN2CCN(C[C@H](C)O)CCN(C[C@H](C)O)CC2)cc1. The number of hydrogen-bond acceptors (Lipinski definition) is 6. The fourth-order valence-corrected chi connectivity index (χ4v) is 4.13. The van der Waals surface area contributed by atoms with Crippen molar-refractivity contribution in [1.82, 2.24) is 14.7 Å². The van der Waals surface area contributed by atoms with Crippen LogP contribution >= 0.6 is 0 Å². The fourth-order valence-electron chi connectivity index (χ4n) is 3.54. The molecule has 3 atom stereocenters. The van der Waals surface area contributed by atoms with Gasteiger partial charge in [0.05, 0.1) is 21.9 Å². The average molecular weight is 413 g/mol. The van der Waals surface area contributed by atoms with Gasteiger partial charge in [0.1, 0.15) is 0 Å². The number of nitrogens with zero attached hydrogens (tertiary/aromatic N) is 3. The maximum absolute atomic E-state index is 11.9. The Balaban J connectivity index is 2.06. The molecule has 2 rings (SSSR count). The summed E-state index contributed by atoms with van der Waals surface area (Å²) in [6.07, 6.45) is -0.721. The molecular formula is C20H36N4O3S. The molecule has 0 aliphatic carbocycles. The minimum atomic E-state index is -2.68. The number of nitrogens with two attached hydrogens (primary N) is 1. The molecule has 1 aliphatic heterocycles. The summed E-state index contributed by atoms with van der Waals surface area (Å²) in [4.78, 5) is 7.52. The van der Waals surface area contributed by atoms with Gasteiger partial charge >= 0.3 is 0 Å². The van der Waals surface area contributed by atoms with Gasteiger partial charge in [0, 0.05) is 63.8 Å². The molecule has 0 saturated carbocycles. The van der Waals surface area contributed by atoms with Crippen molar-refractivity contribution in [2.45, 2.75) is 37.5 Å². The Morgan fingerprint density at radius 1 is 0.929 bits per heavy atom. The Morgan fingerprint density at radius 2 is 1.32 bits per heavy atom. The third kappa shape index (κ3) is 8.16. The van der Waals surface area contributed by atoms with E-state index in [1.807, 2.05) is 26.0 Å². The Kier molecular flexibility index (Phi) is 8.88. The van der Waals surface area contributed by atoms with Crippen LogP contribution in [0.1, 0.15) is 19.4 Å². The number of hydrogen-bond donors (Lipinski definition) is 3. The van der Waals surface area contributed by atoms with Crippen molar-refractivity contribution in [3.05, 3.63) is 29.8 Å². The van der Waals surface area contributed by atoms with Gasteiger partial charge < -0.3 is 10.2 Å². The van der Waals surface area contributed by atoms with E-state index in [-0.39, 0.29) is 12.2 Å². The summed E-state index contributed by atoms with van der Waals surface area (Å²) in [6.45, 7) is 11.1. The second-order valence-electron chi connectivity index (χ2n) is 7.95. The second-order valence-corrected chi connectivity index (χ2v) is 9.87. The van der Waals surface area contributed by atoms with E-state index in [1.165, 1.54) is 0 Å². The van der Waals surface area contributed by atoms with E-state index in [0.717, 1.165) is 51.4 Å². The van der Waals surface area contributed by atoms with Crippen LogP contribution in [0.4, 0.5) is 0 Å². The van der Waals surface area contributed by atoms with E-state index < -0.39 is 9.71 Å². The van der Waals surface area contributed by atoms with Gasteiger partial charge in [-0.25, -0.2) is 4.21 Å². The highest BCUT2D eigenvalue weighted by Gasteiger charge is 2.18. The summed E-state index contributed by atoms with van der Waals surface area (Å²) in [6, 6.07) is 7.50. The van der Waals surface area contributed by atoms with Crippen molar-refractivity contribution >= 4 is 15.6 Å². The number of aliphatic hydroxyl groups is 2. The largest absolute Gasteiger partial charge is 0.392 e. The molecule has 1 aromatic rings. The third-order valence-corrected chi connectivity index (χ3v) is 6.04. The smallest absolute Gasteiger partial charge is 0.0639 e. The summed E-state index contributed by atoms with van der Waals surface area (Å²) in [5.41, 5.74) is 1.13. The lowest BCUT2D eigenvalue weighted by Gasteiger charge is -2.27. The molecule has 1 saturated heterocycles. The van der Waals surface area contributed by atoms with Crippen molar-refractivity contribution in [3.8, 4) is 0 Å². The van der Waals surface area contributed by atoms with Crippen LogP contribution in [0.3, 0.4) is 0 Å². The van der Waals surface area contributed by atoms with Crippen LogP contribution in [0.5, 0.6) is 0 Å². The van der Waals surface area contributed by atoms with Crippen molar-refractivity contribution in [3.63, 3.8) is 0 Å². The standard InChI is InChI=1S/C20H36N4O3S/c1-17(25)14-22-8-9-23(15-18(2)26)11-13-24(12-10-22)16-19-4-6-20(7-5-19)28(3,21)27/h4-7,17-18,25-26H,3,8-16H2,1-2H3,(H2,21,27)/t17-,18-,28?/m0/s1. The topological polar surface area (TPSA) is 93.3 Å². The van der Waals surface area contributed by atoms with Crippen LogP contribution in [-0.4, -0.2) is 99.6 Å². The van der Waals surface area contributed by atoms with Gasteiger partial charge in [-0.2, -0.15) is 0 Å². The number of rotatable bonds is 7. The van der Waals surface area contributed by atoms with Crippen LogP contribution < -0.4 is 5.14 Å². The first kappa shape index (κ1) is 23.3. The molecule has 28 heavy (non-hydrogen) atoms. The van der Waals surface area contributed by atoms with Crippen LogP contribution in [0, 0.1) is 0 Å². The number of benzene rings is 1. The highest BCUT2D eigenvalue weighted by atomic mass is 32.2. The first-order valence-electron chi connectivity index (χ1n) is 9.90. The molecule has 8 heteroatoms. The predicted octanol–water partition coefficient (Wildman–Crippen LogP) is -0.183. The molecule has 0 radical (unpaired) electrons. The lowest BCUT2D eigenvalue weighted by atomic mass is 10.2. The maximum atomic E-state index is 11.9. The monoisotopic (exact) mass is 412 g/mol.